The maximum Gasteiger partial charge on any atom is 0.488 e. The van der Waals surface area contributed by atoms with Crippen molar-refractivity contribution in [3.05, 3.63) is 24.3 Å². The quantitative estimate of drug-likeness (QED) is 0.539. The molecular formula is C10H15BN2O3. The summed E-state index contributed by atoms with van der Waals surface area (Å²) in [5.41, 5.74) is 0.984. The van der Waals surface area contributed by atoms with Crippen molar-refractivity contribution in [2.45, 2.75) is 19.9 Å². The second kappa shape index (κ2) is 5.53. The molecule has 0 bridgehead atoms. The molecule has 0 saturated heterocycles. The van der Waals surface area contributed by atoms with Gasteiger partial charge in [0.15, 0.2) is 0 Å². The zero-order valence-corrected chi connectivity index (χ0v) is 9.27. The number of nitrogens with one attached hydrogen (secondary N) is 2. The monoisotopic (exact) mass is 222 g/mol. The van der Waals surface area contributed by atoms with Crippen LogP contribution in [0, 0.1) is 0 Å². The minimum Gasteiger partial charge on any atom is -0.423 e. The number of anilines is 1. The summed E-state index contributed by atoms with van der Waals surface area (Å²) in [5.74, 6) is 0. The lowest BCUT2D eigenvalue weighted by atomic mass is 9.80. The molecule has 1 aromatic carbocycles. The van der Waals surface area contributed by atoms with Crippen molar-refractivity contribution >= 4 is 24.3 Å². The fourth-order valence-corrected chi connectivity index (χ4v) is 1.17. The summed E-state index contributed by atoms with van der Waals surface area (Å²) < 4.78 is 0. The Labute approximate surface area is 94.6 Å². The van der Waals surface area contributed by atoms with Crippen LogP contribution < -0.4 is 16.1 Å². The van der Waals surface area contributed by atoms with E-state index in [2.05, 4.69) is 10.6 Å². The van der Waals surface area contributed by atoms with Crippen LogP contribution in [0.4, 0.5) is 10.5 Å². The molecule has 2 amide bonds. The Kier molecular flexibility index (Phi) is 4.33. The summed E-state index contributed by atoms with van der Waals surface area (Å²) in [5, 5.41) is 23.0. The molecule has 1 rings (SSSR count). The van der Waals surface area contributed by atoms with Crippen molar-refractivity contribution in [3.63, 3.8) is 0 Å². The maximum atomic E-state index is 11.3. The van der Waals surface area contributed by atoms with E-state index in [1.807, 2.05) is 13.8 Å². The molecule has 0 spiro atoms. The predicted octanol–water partition coefficient (Wildman–Crippen LogP) is -0.104. The summed E-state index contributed by atoms with van der Waals surface area (Å²) in [7, 11) is -1.49. The van der Waals surface area contributed by atoms with Crippen LogP contribution in [0.1, 0.15) is 13.8 Å². The molecule has 0 aliphatic heterocycles. The van der Waals surface area contributed by atoms with E-state index < -0.39 is 7.12 Å². The lowest BCUT2D eigenvalue weighted by Crippen LogP contribution is -2.34. The van der Waals surface area contributed by atoms with E-state index in [-0.39, 0.29) is 12.1 Å². The average molecular weight is 222 g/mol. The largest absolute Gasteiger partial charge is 0.488 e. The van der Waals surface area contributed by atoms with Gasteiger partial charge in [0, 0.05) is 11.7 Å². The zero-order valence-electron chi connectivity index (χ0n) is 9.27. The number of hydrogen-bond donors (Lipinski definition) is 4. The van der Waals surface area contributed by atoms with Crippen molar-refractivity contribution < 1.29 is 14.8 Å². The van der Waals surface area contributed by atoms with Gasteiger partial charge in [-0.2, -0.15) is 0 Å². The molecule has 86 valence electrons. The molecule has 6 heteroatoms. The molecule has 4 N–H and O–H groups in total. The van der Waals surface area contributed by atoms with Crippen molar-refractivity contribution in [2.75, 3.05) is 5.32 Å². The fraction of sp³-hybridized carbons (Fsp3) is 0.300. The van der Waals surface area contributed by atoms with Crippen molar-refractivity contribution in [1.82, 2.24) is 5.32 Å². The molecule has 0 aromatic heterocycles. The van der Waals surface area contributed by atoms with Crippen LogP contribution in [0.5, 0.6) is 0 Å². The van der Waals surface area contributed by atoms with Gasteiger partial charge in [-0.3, -0.25) is 0 Å². The normalized spacial score (nSPS) is 10.1. The summed E-state index contributed by atoms with van der Waals surface area (Å²) >= 11 is 0. The Morgan fingerprint density at radius 1 is 1.25 bits per heavy atom. The van der Waals surface area contributed by atoms with Gasteiger partial charge in [0.2, 0.25) is 0 Å². The Balaban J connectivity index is 2.58. The highest BCUT2D eigenvalue weighted by Gasteiger charge is 2.10. The summed E-state index contributed by atoms with van der Waals surface area (Å²) in [4.78, 5) is 11.3. The Bertz CT molecular complexity index is 352. The summed E-state index contributed by atoms with van der Waals surface area (Å²) in [6.07, 6.45) is 0. The minimum absolute atomic E-state index is 0.0681. The molecule has 0 aliphatic carbocycles. The van der Waals surface area contributed by atoms with Crippen LogP contribution in [0.2, 0.25) is 0 Å². The van der Waals surface area contributed by atoms with E-state index in [1.165, 1.54) is 12.1 Å². The number of benzene rings is 1. The molecule has 0 heterocycles. The standard InChI is InChI=1S/C10H15BN2O3/c1-7(2)12-10(14)13-9-5-3-8(4-6-9)11(15)16/h3-7,15-16H,1-2H3,(H2,12,13,14). The van der Waals surface area contributed by atoms with Crippen LogP contribution in [0.3, 0.4) is 0 Å². The molecule has 0 fully saturated rings. The number of carbonyl (C=O) groups is 1. The second-order valence-electron chi connectivity index (χ2n) is 3.75. The fourth-order valence-electron chi connectivity index (χ4n) is 1.17. The van der Waals surface area contributed by atoms with Gasteiger partial charge < -0.3 is 20.7 Å². The van der Waals surface area contributed by atoms with Crippen LogP contribution in [0.25, 0.3) is 0 Å². The second-order valence-corrected chi connectivity index (χ2v) is 3.75. The van der Waals surface area contributed by atoms with E-state index in [0.29, 0.717) is 11.2 Å². The molecule has 0 aliphatic rings. The third-order valence-electron chi connectivity index (χ3n) is 1.89. The number of amides is 2. The molecule has 0 unspecified atom stereocenters. The highest BCUT2D eigenvalue weighted by molar-refractivity contribution is 6.58. The van der Waals surface area contributed by atoms with E-state index in [0.717, 1.165) is 0 Å². The first-order chi connectivity index (χ1) is 7.49. The molecular weight excluding hydrogens is 207 g/mol. The predicted molar refractivity (Wildman–Crippen MR) is 63.6 cm³/mol. The minimum atomic E-state index is -1.49. The van der Waals surface area contributed by atoms with Crippen LogP contribution in [-0.2, 0) is 0 Å². The first-order valence-corrected chi connectivity index (χ1v) is 5.02. The number of rotatable bonds is 3. The Morgan fingerprint density at radius 2 is 1.81 bits per heavy atom. The Morgan fingerprint density at radius 3 is 2.25 bits per heavy atom. The summed E-state index contributed by atoms with van der Waals surface area (Å²) in [6.45, 7) is 3.73. The van der Waals surface area contributed by atoms with Gasteiger partial charge in [-0.1, -0.05) is 12.1 Å². The third kappa shape index (κ3) is 3.92. The van der Waals surface area contributed by atoms with Crippen LogP contribution in [-0.4, -0.2) is 29.2 Å². The summed E-state index contributed by atoms with van der Waals surface area (Å²) in [6, 6.07) is 6.07. The van der Waals surface area contributed by atoms with Gasteiger partial charge in [-0.15, -0.1) is 0 Å². The van der Waals surface area contributed by atoms with Crippen molar-refractivity contribution in [2.24, 2.45) is 0 Å². The van der Waals surface area contributed by atoms with Crippen molar-refractivity contribution in [3.8, 4) is 0 Å². The zero-order chi connectivity index (χ0) is 12.1. The topological polar surface area (TPSA) is 81.6 Å². The van der Waals surface area contributed by atoms with E-state index in [1.54, 1.807) is 12.1 Å². The van der Waals surface area contributed by atoms with Gasteiger partial charge in [-0.05, 0) is 31.4 Å². The van der Waals surface area contributed by atoms with Crippen LogP contribution in [0.15, 0.2) is 24.3 Å². The third-order valence-corrected chi connectivity index (χ3v) is 1.89. The highest BCUT2D eigenvalue weighted by Crippen LogP contribution is 2.03. The van der Waals surface area contributed by atoms with Gasteiger partial charge in [0.25, 0.3) is 0 Å². The Hall–Kier alpha value is -1.53. The highest BCUT2D eigenvalue weighted by atomic mass is 16.4. The molecule has 5 nitrogen and oxygen atoms in total. The van der Waals surface area contributed by atoms with Gasteiger partial charge in [0.1, 0.15) is 0 Å². The number of urea groups is 1. The van der Waals surface area contributed by atoms with E-state index >= 15 is 0 Å². The first-order valence-electron chi connectivity index (χ1n) is 5.02. The van der Waals surface area contributed by atoms with E-state index in [4.69, 9.17) is 10.0 Å². The average Bonchev–Trinajstić information content (AvgIpc) is 2.16. The van der Waals surface area contributed by atoms with Crippen LogP contribution >= 0.6 is 0 Å². The molecule has 1 aromatic rings. The lowest BCUT2D eigenvalue weighted by Gasteiger charge is -2.10. The molecule has 16 heavy (non-hydrogen) atoms. The van der Waals surface area contributed by atoms with E-state index in [9.17, 15) is 4.79 Å². The lowest BCUT2D eigenvalue weighted by molar-refractivity contribution is 0.250. The van der Waals surface area contributed by atoms with Crippen molar-refractivity contribution in [1.29, 1.82) is 0 Å². The molecule has 0 atom stereocenters. The van der Waals surface area contributed by atoms with Gasteiger partial charge in [0.05, 0.1) is 0 Å². The van der Waals surface area contributed by atoms with Gasteiger partial charge in [-0.25, -0.2) is 4.79 Å². The van der Waals surface area contributed by atoms with Gasteiger partial charge >= 0.3 is 13.1 Å². The SMILES string of the molecule is CC(C)NC(=O)Nc1ccc(B(O)O)cc1. The maximum absolute atomic E-state index is 11.3. The smallest absolute Gasteiger partial charge is 0.423 e. The number of carbonyl (C=O) groups excluding carboxylic acids is 1. The molecule has 0 saturated carbocycles. The first kappa shape index (κ1) is 12.5. The number of hydrogen-bond acceptors (Lipinski definition) is 3. The molecule has 0 radical (unpaired) electrons.